The van der Waals surface area contributed by atoms with Gasteiger partial charge >= 0.3 is 0 Å². The van der Waals surface area contributed by atoms with Gasteiger partial charge in [0.1, 0.15) is 5.75 Å². The third-order valence-corrected chi connectivity index (χ3v) is 3.97. The molecule has 0 radical (unpaired) electrons. The van der Waals surface area contributed by atoms with Gasteiger partial charge in [0.15, 0.2) is 0 Å². The summed E-state index contributed by atoms with van der Waals surface area (Å²) in [5, 5.41) is 3.53. The smallest absolute Gasteiger partial charge is 0.251 e. The standard InChI is InChI=1S/C17H16ClN3O2/c1-23-13-4-2-11(14(18)9-13)6-7-19-17(22)12-3-5-15-16(8-12)21-10-20-15/h2-5,8-10H,6-7H2,1H3,(H,19,22)(H,20,21). The van der Waals surface area contributed by atoms with Gasteiger partial charge < -0.3 is 15.0 Å². The number of fused-ring (bicyclic) bond motifs is 1. The molecule has 6 heteroatoms. The van der Waals surface area contributed by atoms with E-state index >= 15 is 0 Å². The van der Waals surface area contributed by atoms with Crippen molar-refractivity contribution in [1.29, 1.82) is 0 Å². The van der Waals surface area contributed by atoms with Crippen LogP contribution < -0.4 is 10.1 Å². The van der Waals surface area contributed by atoms with E-state index in [0.29, 0.717) is 23.6 Å². The van der Waals surface area contributed by atoms with Crippen LogP contribution in [-0.4, -0.2) is 29.5 Å². The van der Waals surface area contributed by atoms with Crippen LogP contribution in [0.4, 0.5) is 0 Å². The number of carbonyl (C=O) groups is 1. The third kappa shape index (κ3) is 3.46. The van der Waals surface area contributed by atoms with Crippen molar-refractivity contribution in [3.63, 3.8) is 0 Å². The number of amides is 1. The molecule has 0 bridgehead atoms. The van der Waals surface area contributed by atoms with E-state index in [9.17, 15) is 4.79 Å². The van der Waals surface area contributed by atoms with Gasteiger partial charge in [0, 0.05) is 17.1 Å². The summed E-state index contributed by atoms with van der Waals surface area (Å²) >= 11 is 6.19. The number of rotatable bonds is 5. The number of imidazole rings is 1. The molecule has 0 aliphatic carbocycles. The molecule has 0 unspecified atom stereocenters. The summed E-state index contributed by atoms with van der Waals surface area (Å²) in [5.74, 6) is 0.599. The molecule has 0 spiro atoms. The summed E-state index contributed by atoms with van der Waals surface area (Å²) in [6, 6.07) is 10.9. The van der Waals surface area contributed by atoms with Gasteiger partial charge in [-0.1, -0.05) is 17.7 Å². The van der Waals surface area contributed by atoms with E-state index in [4.69, 9.17) is 16.3 Å². The van der Waals surface area contributed by atoms with Crippen LogP contribution in [0.25, 0.3) is 11.0 Å². The maximum atomic E-state index is 12.2. The lowest BCUT2D eigenvalue weighted by atomic mass is 10.1. The molecule has 3 rings (SSSR count). The van der Waals surface area contributed by atoms with E-state index in [1.54, 1.807) is 31.6 Å². The quantitative estimate of drug-likeness (QED) is 0.755. The van der Waals surface area contributed by atoms with Gasteiger partial charge in [-0.25, -0.2) is 4.98 Å². The van der Waals surface area contributed by atoms with Crippen LogP contribution >= 0.6 is 11.6 Å². The Morgan fingerprint density at radius 1 is 1.30 bits per heavy atom. The largest absolute Gasteiger partial charge is 0.497 e. The molecule has 3 aromatic rings. The molecule has 1 amide bonds. The van der Waals surface area contributed by atoms with Crippen molar-refractivity contribution in [2.24, 2.45) is 0 Å². The first-order valence-electron chi connectivity index (χ1n) is 7.21. The van der Waals surface area contributed by atoms with Gasteiger partial charge in [0.25, 0.3) is 5.91 Å². The van der Waals surface area contributed by atoms with Crippen LogP contribution in [0.3, 0.4) is 0 Å². The van der Waals surface area contributed by atoms with E-state index < -0.39 is 0 Å². The number of nitrogens with one attached hydrogen (secondary N) is 2. The van der Waals surface area contributed by atoms with Crippen molar-refractivity contribution in [2.75, 3.05) is 13.7 Å². The van der Waals surface area contributed by atoms with Crippen molar-refractivity contribution in [3.05, 3.63) is 58.9 Å². The van der Waals surface area contributed by atoms with Crippen LogP contribution in [0.1, 0.15) is 15.9 Å². The van der Waals surface area contributed by atoms with Crippen LogP contribution in [0.2, 0.25) is 5.02 Å². The topological polar surface area (TPSA) is 67.0 Å². The first-order valence-corrected chi connectivity index (χ1v) is 7.59. The van der Waals surface area contributed by atoms with Crippen molar-refractivity contribution in [1.82, 2.24) is 15.3 Å². The molecule has 0 aliphatic heterocycles. The predicted molar refractivity (Wildman–Crippen MR) is 90.1 cm³/mol. The number of aromatic amines is 1. The maximum absolute atomic E-state index is 12.2. The second kappa shape index (κ2) is 6.71. The van der Waals surface area contributed by atoms with Crippen LogP contribution in [0.15, 0.2) is 42.7 Å². The lowest BCUT2D eigenvalue weighted by Crippen LogP contribution is -2.25. The minimum atomic E-state index is -0.119. The molecular formula is C17H16ClN3O2. The van der Waals surface area contributed by atoms with Crippen molar-refractivity contribution < 1.29 is 9.53 Å². The van der Waals surface area contributed by atoms with Gasteiger partial charge in [-0.15, -0.1) is 0 Å². The second-order valence-electron chi connectivity index (χ2n) is 5.10. The predicted octanol–water partition coefficient (Wildman–Crippen LogP) is 3.20. The minimum absolute atomic E-state index is 0.119. The van der Waals surface area contributed by atoms with Gasteiger partial charge in [-0.05, 0) is 42.3 Å². The Bertz CT molecular complexity index is 845. The molecule has 1 aromatic heterocycles. The van der Waals surface area contributed by atoms with Gasteiger partial charge in [0.2, 0.25) is 0 Å². The summed E-state index contributed by atoms with van der Waals surface area (Å²) in [4.78, 5) is 19.3. The molecule has 0 saturated heterocycles. The number of methoxy groups -OCH3 is 1. The fourth-order valence-corrected chi connectivity index (χ4v) is 2.61. The molecule has 23 heavy (non-hydrogen) atoms. The molecule has 2 N–H and O–H groups in total. The lowest BCUT2D eigenvalue weighted by Gasteiger charge is -2.08. The highest BCUT2D eigenvalue weighted by molar-refractivity contribution is 6.31. The second-order valence-corrected chi connectivity index (χ2v) is 5.50. The van der Waals surface area contributed by atoms with Crippen molar-refractivity contribution >= 4 is 28.5 Å². The number of halogens is 1. The van der Waals surface area contributed by atoms with Crippen molar-refractivity contribution in [3.8, 4) is 5.75 Å². The Balaban J connectivity index is 1.60. The van der Waals surface area contributed by atoms with Crippen LogP contribution in [0.5, 0.6) is 5.75 Å². The number of hydrogen-bond acceptors (Lipinski definition) is 3. The third-order valence-electron chi connectivity index (χ3n) is 3.62. The molecule has 118 valence electrons. The Hall–Kier alpha value is -2.53. The monoisotopic (exact) mass is 329 g/mol. The summed E-state index contributed by atoms with van der Waals surface area (Å²) in [6.07, 6.45) is 2.26. The molecule has 0 aliphatic rings. The number of benzene rings is 2. The van der Waals surface area contributed by atoms with Gasteiger partial charge in [-0.2, -0.15) is 0 Å². The fraction of sp³-hybridized carbons (Fsp3) is 0.176. The molecular weight excluding hydrogens is 314 g/mol. The Morgan fingerprint density at radius 2 is 2.17 bits per heavy atom. The molecule has 0 atom stereocenters. The first kappa shape index (κ1) is 15.4. The molecule has 5 nitrogen and oxygen atoms in total. The molecule has 2 aromatic carbocycles. The highest BCUT2D eigenvalue weighted by atomic mass is 35.5. The van der Waals surface area contributed by atoms with Gasteiger partial charge in [-0.3, -0.25) is 4.79 Å². The average Bonchev–Trinajstić information content (AvgIpc) is 3.03. The Kier molecular flexibility index (Phi) is 4.48. The number of aromatic nitrogens is 2. The molecule has 0 fully saturated rings. The lowest BCUT2D eigenvalue weighted by molar-refractivity contribution is 0.0954. The summed E-state index contributed by atoms with van der Waals surface area (Å²) in [5.41, 5.74) is 3.25. The number of H-pyrrole nitrogens is 1. The zero-order valence-corrected chi connectivity index (χ0v) is 13.4. The number of hydrogen-bond donors (Lipinski definition) is 2. The zero-order chi connectivity index (χ0) is 16.2. The normalized spacial score (nSPS) is 10.7. The number of ether oxygens (including phenoxy) is 1. The van der Waals surface area contributed by atoms with Crippen LogP contribution in [-0.2, 0) is 6.42 Å². The van der Waals surface area contributed by atoms with E-state index in [-0.39, 0.29) is 5.91 Å². The molecule has 0 saturated carbocycles. The Morgan fingerprint density at radius 3 is 2.96 bits per heavy atom. The minimum Gasteiger partial charge on any atom is -0.497 e. The maximum Gasteiger partial charge on any atom is 0.251 e. The first-order chi connectivity index (χ1) is 11.2. The highest BCUT2D eigenvalue weighted by Crippen LogP contribution is 2.22. The highest BCUT2D eigenvalue weighted by Gasteiger charge is 2.08. The van der Waals surface area contributed by atoms with E-state index in [1.807, 2.05) is 18.2 Å². The van der Waals surface area contributed by atoms with Crippen LogP contribution in [0, 0.1) is 0 Å². The van der Waals surface area contributed by atoms with E-state index in [0.717, 1.165) is 22.3 Å². The summed E-state index contributed by atoms with van der Waals surface area (Å²) in [6.45, 7) is 0.506. The molecule has 1 heterocycles. The zero-order valence-electron chi connectivity index (χ0n) is 12.6. The number of carbonyl (C=O) groups excluding carboxylic acids is 1. The summed E-state index contributed by atoms with van der Waals surface area (Å²) in [7, 11) is 1.60. The van der Waals surface area contributed by atoms with E-state index in [2.05, 4.69) is 15.3 Å². The SMILES string of the molecule is COc1ccc(CCNC(=O)c2ccc3nc[nH]c3c2)c(Cl)c1. The summed E-state index contributed by atoms with van der Waals surface area (Å²) < 4.78 is 5.12. The fourth-order valence-electron chi connectivity index (χ4n) is 2.35. The Labute approximate surface area is 138 Å². The van der Waals surface area contributed by atoms with Gasteiger partial charge in [0.05, 0.1) is 24.5 Å². The van der Waals surface area contributed by atoms with Crippen molar-refractivity contribution in [2.45, 2.75) is 6.42 Å². The average molecular weight is 330 g/mol. The number of nitrogens with zero attached hydrogens (tertiary/aromatic N) is 1. The van der Waals surface area contributed by atoms with E-state index in [1.165, 1.54) is 0 Å².